The highest BCUT2D eigenvalue weighted by Gasteiger charge is 2.03. The van der Waals surface area contributed by atoms with Crippen molar-refractivity contribution >= 4 is 13.5 Å². The van der Waals surface area contributed by atoms with Crippen LogP contribution in [-0.4, -0.2) is 6.04 Å². The highest BCUT2D eigenvalue weighted by Crippen LogP contribution is 2.03. The molecule has 0 rings (SSSR count). The van der Waals surface area contributed by atoms with Gasteiger partial charge in [0.25, 0.3) is 0 Å². The maximum Gasteiger partial charge on any atom is 0.00617 e. The average molecular weight is 165 g/mol. The summed E-state index contributed by atoms with van der Waals surface area (Å²) in [7, 11) is 0. The van der Waals surface area contributed by atoms with Crippen molar-refractivity contribution in [3.05, 3.63) is 0 Å². The Morgan fingerprint density at radius 3 is 1.80 bits per heavy atom. The van der Waals surface area contributed by atoms with Gasteiger partial charge in [0.1, 0.15) is 0 Å². The van der Waals surface area contributed by atoms with Gasteiger partial charge in [-0.25, -0.2) is 0 Å². The predicted octanol–water partition coefficient (Wildman–Crippen LogP) is 2.52. The molecule has 0 aromatic heterocycles. The molecule has 1 atom stereocenters. The van der Waals surface area contributed by atoms with Gasteiger partial charge in [-0.15, -0.1) is 0 Å². The smallest absolute Gasteiger partial charge is 0.00617 e. The first-order valence-electron chi connectivity index (χ1n) is 3.44. The molecule has 0 spiro atoms. The van der Waals surface area contributed by atoms with Crippen LogP contribution in [0.5, 0.6) is 0 Å². The molecule has 0 fully saturated rings. The third-order valence-electron chi connectivity index (χ3n) is 1.48. The Hall–Kier alpha value is 0.310. The highest BCUT2D eigenvalue weighted by atomic mass is 32.1. The largest absolute Gasteiger partial charge is 0.327 e. The van der Waals surface area contributed by atoms with E-state index < -0.39 is 0 Å². The Kier molecular flexibility index (Phi) is 15.6. The molecule has 0 bridgehead atoms. The van der Waals surface area contributed by atoms with Crippen molar-refractivity contribution in [2.75, 3.05) is 0 Å². The van der Waals surface area contributed by atoms with Crippen LogP contribution in [0.25, 0.3) is 0 Å². The van der Waals surface area contributed by atoms with Gasteiger partial charge in [-0.05, 0) is 12.3 Å². The van der Waals surface area contributed by atoms with Gasteiger partial charge in [-0.2, -0.15) is 13.5 Å². The van der Waals surface area contributed by atoms with E-state index >= 15 is 0 Å². The molecular formula is C8H23NS. The lowest BCUT2D eigenvalue weighted by molar-refractivity contribution is 0.460. The number of nitrogens with two attached hydrogens (primary N) is 1. The normalized spacial score (nSPS) is 11.7. The first kappa shape index (κ1) is 16.7. The molecule has 0 saturated heterocycles. The van der Waals surface area contributed by atoms with E-state index in [-0.39, 0.29) is 20.9 Å². The van der Waals surface area contributed by atoms with E-state index in [0.717, 1.165) is 6.42 Å². The Morgan fingerprint density at radius 1 is 1.30 bits per heavy atom. The van der Waals surface area contributed by atoms with Crippen LogP contribution >= 0.6 is 13.5 Å². The quantitative estimate of drug-likeness (QED) is 0.683. The molecule has 0 aromatic rings. The number of hydrogen-bond donors (Lipinski definition) is 1. The van der Waals surface area contributed by atoms with E-state index in [1.807, 2.05) is 0 Å². The summed E-state index contributed by atoms with van der Waals surface area (Å²) in [4.78, 5) is 0. The fraction of sp³-hybridized carbons (Fsp3) is 1.00. The fourth-order valence-corrected chi connectivity index (χ4v) is 0.667. The molecule has 0 radical (unpaired) electrons. The molecule has 0 heterocycles. The van der Waals surface area contributed by atoms with Crippen LogP contribution in [0.2, 0.25) is 0 Å². The molecule has 10 heavy (non-hydrogen) atoms. The summed E-state index contributed by atoms with van der Waals surface area (Å²) in [5.74, 6) is 0.648. The predicted molar refractivity (Wildman–Crippen MR) is 54.8 cm³/mol. The van der Waals surface area contributed by atoms with Crippen LogP contribution in [-0.2, 0) is 0 Å². The number of rotatable bonds is 3. The zero-order chi connectivity index (χ0) is 6.57. The van der Waals surface area contributed by atoms with Crippen molar-refractivity contribution in [3.8, 4) is 0 Å². The summed E-state index contributed by atoms with van der Waals surface area (Å²) in [5.41, 5.74) is 5.73. The van der Waals surface area contributed by atoms with Crippen molar-refractivity contribution in [1.29, 1.82) is 0 Å². The minimum Gasteiger partial charge on any atom is -0.327 e. The molecule has 0 saturated carbocycles. The Morgan fingerprint density at radius 2 is 1.70 bits per heavy atom. The Labute approximate surface area is 72.8 Å². The van der Waals surface area contributed by atoms with E-state index in [0.29, 0.717) is 12.0 Å². The molecule has 66 valence electrons. The zero-order valence-electron chi connectivity index (χ0n) is 6.65. The lowest BCUT2D eigenvalue weighted by atomic mass is 10.0. The number of hydrogen-bond acceptors (Lipinski definition) is 1. The van der Waals surface area contributed by atoms with Crippen LogP contribution in [0.15, 0.2) is 0 Å². The first-order valence-corrected chi connectivity index (χ1v) is 3.44. The molecule has 1 nitrogen and oxygen atoms in total. The molecule has 2 N–H and O–H groups in total. The van der Waals surface area contributed by atoms with E-state index in [4.69, 9.17) is 5.73 Å². The molecule has 0 aromatic carbocycles. The van der Waals surface area contributed by atoms with Gasteiger partial charge in [0.05, 0.1) is 0 Å². The summed E-state index contributed by atoms with van der Waals surface area (Å²) in [6.45, 7) is 6.50. The monoisotopic (exact) mass is 165 g/mol. The second-order valence-electron chi connectivity index (χ2n) is 2.70. The van der Waals surface area contributed by atoms with E-state index in [1.165, 1.54) is 6.42 Å². The van der Waals surface area contributed by atoms with Gasteiger partial charge in [0, 0.05) is 6.04 Å². The zero-order valence-corrected chi connectivity index (χ0v) is 7.65. The third-order valence-corrected chi connectivity index (χ3v) is 1.48. The maximum absolute atomic E-state index is 5.73. The van der Waals surface area contributed by atoms with E-state index in [2.05, 4.69) is 20.8 Å². The molecular weight excluding hydrogens is 142 g/mol. The third kappa shape index (κ3) is 8.31. The van der Waals surface area contributed by atoms with Crippen LogP contribution in [0.4, 0.5) is 0 Å². The van der Waals surface area contributed by atoms with Crippen LogP contribution < -0.4 is 5.73 Å². The SMILES string of the molecule is C.CCCC(N)C(C)C.S. The highest BCUT2D eigenvalue weighted by molar-refractivity contribution is 7.59. The fourth-order valence-electron chi connectivity index (χ4n) is 0.667. The van der Waals surface area contributed by atoms with Crippen molar-refractivity contribution < 1.29 is 0 Å². The minimum atomic E-state index is 0. The topological polar surface area (TPSA) is 26.0 Å². The van der Waals surface area contributed by atoms with Crippen LogP contribution in [0.3, 0.4) is 0 Å². The second kappa shape index (κ2) is 9.31. The van der Waals surface area contributed by atoms with Crippen molar-refractivity contribution in [2.45, 2.75) is 47.1 Å². The molecule has 0 aliphatic carbocycles. The van der Waals surface area contributed by atoms with Gasteiger partial charge in [-0.1, -0.05) is 34.6 Å². The molecule has 0 amide bonds. The summed E-state index contributed by atoms with van der Waals surface area (Å²) >= 11 is 0. The van der Waals surface area contributed by atoms with Crippen molar-refractivity contribution in [1.82, 2.24) is 0 Å². The average Bonchev–Trinajstić information content (AvgIpc) is 1.67. The summed E-state index contributed by atoms with van der Waals surface area (Å²) in [6, 6.07) is 0.417. The molecule has 1 unspecified atom stereocenters. The Balaban J connectivity index is -0.000000245. The van der Waals surface area contributed by atoms with Gasteiger partial charge < -0.3 is 5.73 Å². The van der Waals surface area contributed by atoms with E-state index in [1.54, 1.807) is 0 Å². The summed E-state index contributed by atoms with van der Waals surface area (Å²) in [5, 5.41) is 0. The standard InChI is InChI=1S/C7H17N.CH4.H2S/c1-4-5-7(8)6(2)3;;/h6-7H,4-5,8H2,1-3H3;1H4;1H2. The van der Waals surface area contributed by atoms with Gasteiger partial charge >= 0.3 is 0 Å². The van der Waals surface area contributed by atoms with Crippen molar-refractivity contribution in [3.63, 3.8) is 0 Å². The minimum absolute atomic E-state index is 0. The first-order chi connectivity index (χ1) is 3.68. The summed E-state index contributed by atoms with van der Waals surface area (Å²) < 4.78 is 0. The van der Waals surface area contributed by atoms with Crippen LogP contribution in [0.1, 0.15) is 41.0 Å². The Bertz CT molecular complexity index is 55.2. The van der Waals surface area contributed by atoms with Gasteiger partial charge in [0.15, 0.2) is 0 Å². The van der Waals surface area contributed by atoms with Gasteiger partial charge in [0.2, 0.25) is 0 Å². The lowest BCUT2D eigenvalue weighted by Crippen LogP contribution is -2.25. The van der Waals surface area contributed by atoms with Gasteiger partial charge in [-0.3, -0.25) is 0 Å². The second-order valence-corrected chi connectivity index (χ2v) is 2.70. The summed E-state index contributed by atoms with van der Waals surface area (Å²) in [6.07, 6.45) is 2.37. The molecule has 0 aliphatic heterocycles. The maximum atomic E-state index is 5.73. The molecule has 2 heteroatoms. The molecule has 0 aliphatic rings. The van der Waals surface area contributed by atoms with Crippen LogP contribution in [0, 0.1) is 5.92 Å². The van der Waals surface area contributed by atoms with Crippen molar-refractivity contribution in [2.24, 2.45) is 11.7 Å². The lowest BCUT2D eigenvalue weighted by Gasteiger charge is -2.12. The van der Waals surface area contributed by atoms with E-state index in [9.17, 15) is 0 Å².